The van der Waals surface area contributed by atoms with Gasteiger partial charge in [-0.3, -0.25) is 15.1 Å². The molecular weight excluding hydrogens is 306 g/mol. The second-order valence-electron chi connectivity index (χ2n) is 5.50. The molecule has 5 heteroatoms. The van der Waals surface area contributed by atoms with Gasteiger partial charge in [-0.05, 0) is 44.5 Å². The number of hydrogen-bond acceptors (Lipinski definition) is 4. The molecule has 23 heavy (non-hydrogen) atoms. The van der Waals surface area contributed by atoms with E-state index in [1.807, 2.05) is 18.4 Å². The van der Waals surface area contributed by atoms with Gasteiger partial charge in [0.1, 0.15) is 0 Å². The lowest BCUT2D eigenvalue weighted by atomic mass is 10.0. The van der Waals surface area contributed by atoms with Crippen LogP contribution in [0.15, 0.2) is 41.9 Å². The van der Waals surface area contributed by atoms with E-state index in [0.717, 1.165) is 17.0 Å². The standard InChI is InChI=1S/C18H17N3OS/c1-11-4-5-12(2)15(8-11)16-10-23-18(20-16)21-17(22)14-7-6-13(3)19-9-14/h4-10H,1-3H3,(H,20,21,22). The SMILES string of the molecule is Cc1ccc(C)c(-c2csc(NC(=O)c3ccc(C)nc3)n2)c1. The zero-order valence-corrected chi connectivity index (χ0v) is 14.1. The Labute approximate surface area is 139 Å². The molecule has 3 rings (SSSR count). The Morgan fingerprint density at radius 3 is 2.70 bits per heavy atom. The highest BCUT2D eigenvalue weighted by Gasteiger charge is 2.11. The molecule has 0 saturated heterocycles. The van der Waals surface area contributed by atoms with Crippen molar-refractivity contribution in [3.05, 3.63) is 64.3 Å². The highest BCUT2D eigenvalue weighted by Crippen LogP contribution is 2.28. The van der Waals surface area contributed by atoms with Gasteiger partial charge in [0.15, 0.2) is 5.13 Å². The van der Waals surface area contributed by atoms with Gasteiger partial charge in [-0.2, -0.15) is 0 Å². The van der Waals surface area contributed by atoms with E-state index in [9.17, 15) is 4.79 Å². The summed E-state index contributed by atoms with van der Waals surface area (Å²) in [6.45, 7) is 6.01. The molecule has 0 atom stereocenters. The fourth-order valence-corrected chi connectivity index (χ4v) is 2.94. The fourth-order valence-electron chi connectivity index (χ4n) is 2.24. The molecule has 0 fully saturated rings. The molecule has 3 aromatic rings. The highest BCUT2D eigenvalue weighted by molar-refractivity contribution is 7.14. The number of carbonyl (C=O) groups excluding carboxylic acids is 1. The number of hydrogen-bond donors (Lipinski definition) is 1. The van der Waals surface area contributed by atoms with Crippen LogP contribution in [0.25, 0.3) is 11.3 Å². The molecule has 0 aliphatic heterocycles. The summed E-state index contributed by atoms with van der Waals surface area (Å²) in [6, 6.07) is 9.85. The van der Waals surface area contributed by atoms with Crippen LogP contribution in [0.4, 0.5) is 5.13 Å². The number of amides is 1. The summed E-state index contributed by atoms with van der Waals surface area (Å²) in [5, 5.41) is 5.38. The van der Waals surface area contributed by atoms with Crippen molar-refractivity contribution in [1.29, 1.82) is 0 Å². The minimum Gasteiger partial charge on any atom is -0.298 e. The number of nitrogens with one attached hydrogen (secondary N) is 1. The van der Waals surface area contributed by atoms with Crippen molar-refractivity contribution in [3.8, 4) is 11.3 Å². The minimum absolute atomic E-state index is 0.195. The first kappa shape index (κ1) is 15.4. The van der Waals surface area contributed by atoms with Gasteiger partial charge in [0, 0.05) is 22.8 Å². The van der Waals surface area contributed by atoms with Gasteiger partial charge in [-0.1, -0.05) is 17.7 Å². The molecule has 0 unspecified atom stereocenters. The summed E-state index contributed by atoms with van der Waals surface area (Å²) in [5.74, 6) is -0.195. The number of anilines is 1. The Hall–Kier alpha value is -2.53. The van der Waals surface area contributed by atoms with E-state index in [0.29, 0.717) is 10.7 Å². The van der Waals surface area contributed by atoms with Gasteiger partial charge in [0.25, 0.3) is 5.91 Å². The van der Waals surface area contributed by atoms with E-state index in [4.69, 9.17) is 0 Å². The van der Waals surface area contributed by atoms with Crippen molar-refractivity contribution in [2.45, 2.75) is 20.8 Å². The van der Waals surface area contributed by atoms with E-state index >= 15 is 0 Å². The average Bonchev–Trinajstić information content (AvgIpc) is 2.98. The van der Waals surface area contributed by atoms with Crippen molar-refractivity contribution in [1.82, 2.24) is 9.97 Å². The molecule has 0 saturated carbocycles. The number of nitrogens with zero attached hydrogens (tertiary/aromatic N) is 2. The summed E-state index contributed by atoms with van der Waals surface area (Å²) >= 11 is 1.42. The zero-order chi connectivity index (χ0) is 16.4. The van der Waals surface area contributed by atoms with Crippen LogP contribution in [0.5, 0.6) is 0 Å². The summed E-state index contributed by atoms with van der Waals surface area (Å²) in [5.41, 5.74) is 5.75. The Kier molecular flexibility index (Phi) is 4.21. The Balaban J connectivity index is 1.81. The molecule has 2 aromatic heterocycles. The van der Waals surface area contributed by atoms with Gasteiger partial charge < -0.3 is 0 Å². The maximum absolute atomic E-state index is 12.2. The maximum atomic E-state index is 12.2. The third kappa shape index (κ3) is 3.46. The molecule has 4 nitrogen and oxygen atoms in total. The molecule has 1 aromatic carbocycles. The first-order valence-electron chi connectivity index (χ1n) is 7.30. The maximum Gasteiger partial charge on any atom is 0.259 e. The second-order valence-corrected chi connectivity index (χ2v) is 6.36. The van der Waals surface area contributed by atoms with Crippen LogP contribution < -0.4 is 5.32 Å². The number of carbonyl (C=O) groups is 1. The predicted molar refractivity (Wildman–Crippen MR) is 94.0 cm³/mol. The van der Waals surface area contributed by atoms with E-state index in [1.54, 1.807) is 12.3 Å². The molecule has 1 amide bonds. The first-order valence-corrected chi connectivity index (χ1v) is 8.18. The van der Waals surface area contributed by atoms with Crippen LogP contribution in [-0.2, 0) is 0 Å². The van der Waals surface area contributed by atoms with E-state index in [-0.39, 0.29) is 5.91 Å². The van der Waals surface area contributed by atoms with Crippen molar-refractivity contribution in [2.24, 2.45) is 0 Å². The summed E-state index contributed by atoms with van der Waals surface area (Å²) in [7, 11) is 0. The molecular formula is C18H17N3OS. The third-order valence-electron chi connectivity index (χ3n) is 3.57. The minimum atomic E-state index is -0.195. The number of aryl methyl sites for hydroxylation is 3. The summed E-state index contributed by atoms with van der Waals surface area (Å²) < 4.78 is 0. The van der Waals surface area contributed by atoms with Crippen LogP contribution in [0.3, 0.4) is 0 Å². The van der Waals surface area contributed by atoms with Crippen LogP contribution in [0, 0.1) is 20.8 Å². The highest BCUT2D eigenvalue weighted by atomic mass is 32.1. The Bertz CT molecular complexity index is 853. The molecule has 0 aliphatic rings. The van der Waals surface area contributed by atoms with Crippen molar-refractivity contribution >= 4 is 22.4 Å². The molecule has 0 spiro atoms. The van der Waals surface area contributed by atoms with Gasteiger partial charge >= 0.3 is 0 Å². The third-order valence-corrected chi connectivity index (χ3v) is 4.32. The molecule has 1 N–H and O–H groups in total. The van der Waals surface area contributed by atoms with Gasteiger partial charge in [0.2, 0.25) is 0 Å². The molecule has 0 bridgehead atoms. The van der Waals surface area contributed by atoms with Crippen molar-refractivity contribution in [3.63, 3.8) is 0 Å². The number of benzene rings is 1. The predicted octanol–water partition coefficient (Wildman–Crippen LogP) is 4.38. The van der Waals surface area contributed by atoms with Crippen LogP contribution in [0.1, 0.15) is 27.2 Å². The fraction of sp³-hybridized carbons (Fsp3) is 0.167. The molecule has 0 aliphatic carbocycles. The molecule has 2 heterocycles. The second kappa shape index (κ2) is 6.30. The van der Waals surface area contributed by atoms with Gasteiger partial charge in [-0.25, -0.2) is 4.98 Å². The summed E-state index contributed by atoms with van der Waals surface area (Å²) in [6.07, 6.45) is 1.57. The molecule has 116 valence electrons. The van der Waals surface area contributed by atoms with Crippen molar-refractivity contribution in [2.75, 3.05) is 5.32 Å². The Morgan fingerprint density at radius 1 is 1.13 bits per heavy atom. The largest absolute Gasteiger partial charge is 0.298 e. The number of aromatic nitrogens is 2. The quantitative estimate of drug-likeness (QED) is 0.778. The van der Waals surface area contributed by atoms with E-state index in [2.05, 4.69) is 47.3 Å². The Morgan fingerprint density at radius 2 is 1.96 bits per heavy atom. The number of thiazole rings is 1. The first-order chi connectivity index (χ1) is 11.0. The van der Waals surface area contributed by atoms with Gasteiger partial charge in [0.05, 0.1) is 11.3 Å². The van der Waals surface area contributed by atoms with Crippen LogP contribution >= 0.6 is 11.3 Å². The lowest BCUT2D eigenvalue weighted by Gasteiger charge is -2.04. The number of pyridine rings is 1. The topological polar surface area (TPSA) is 54.9 Å². The van der Waals surface area contributed by atoms with E-state index < -0.39 is 0 Å². The number of rotatable bonds is 3. The van der Waals surface area contributed by atoms with Crippen LogP contribution in [-0.4, -0.2) is 15.9 Å². The van der Waals surface area contributed by atoms with Crippen molar-refractivity contribution < 1.29 is 4.79 Å². The smallest absolute Gasteiger partial charge is 0.259 e. The van der Waals surface area contributed by atoms with Gasteiger partial charge in [-0.15, -0.1) is 11.3 Å². The summed E-state index contributed by atoms with van der Waals surface area (Å²) in [4.78, 5) is 20.9. The lowest BCUT2D eigenvalue weighted by molar-refractivity contribution is 0.102. The molecule has 0 radical (unpaired) electrons. The normalized spacial score (nSPS) is 10.6. The lowest BCUT2D eigenvalue weighted by Crippen LogP contribution is -2.12. The zero-order valence-electron chi connectivity index (χ0n) is 13.3. The average molecular weight is 323 g/mol. The monoisotopic (exact) mass is 323 g/mol. The van der Waals surface area contributed by atoms with E-state index in [1.165, 1.54) is 22.5 Å². The van der Waals surface area contributed by atoms with Crippen LogP contribution in [0.2, 0.25) is 0 Å².